The van der Waals surface area contributed by atoms with Crippen LogP contribution in [0.15, 0.2) is 25.9 Å². The fourth-order valence-electron chi connectivity index (χ4n) is 2.16. The number of ether oxygens (including phenoxy) is 1. The normalized spacial score (nSPS) is 13.2. The van der Waals surface area contributed by atoms with Crippen molar-refractivity contribution >= 4 is 40.5 Å². The summed E-state index contributed by atoms with van der Waals surface area (Å²) >= 11 is 7.05. The summed E-state index contributed by atoms with van der Waals surface area (Å²) in [6.45, 7) is 5.70. The summed E-state index contributed by atoms with van der Waals surface area (Å²) in [5, 5.41) is 0.460. The third-order valence-electron chi connectivity index (χ3n) is 3.43. The molecule has 0 radical (unpaired) electrons. The molecule has 0 spiro atoms. The van der Waals surface area contributed by atoms with Crippen LogP contribution >= 0.6 is 23.4 Å². The number of thioether (sulfide) groups is 1. The molecule has 0 amide bonds. The Morgan fingerprint density at radius 3 is 2.76 bits per heavy atom. The average Bonchev–Trinajstić information content (AvgIpc) is 2.89. The van der Waals surface area contributed by atoms with Gasteiger partial charge in [0.2, 0.25) is 0 Å². The van der Waals surface area contributed by atoms with E-state index < -0.39 is 16.5 Å². The van der Waals surface area contributed by atoms with Gasteiger partial charge < -0.3 is 9.30 Å². The third kappa shape index (κ3) is 4.16. The minimum atomic E-state index is -0.554. The van der Waals surface area contributed by atoms with Crippen molar-refractivity contribution in [1.29, 1.82) is 0 Å². The molecular weight excluding hydrogens is 368 g/mol. The Kier molecular flexibility index (Phi) is 6.12. The second-order valence-corrected chi connectivity index (χ2v) is 7.20. The van der Waals surface area contributed by atoms with Gasteiger partial charge >= 0.3 is 11.7 Å². The predicted molar refractivity (Wildman–Crippen MR) is 97.2 cm³/mol. The topological polar surface area (TPSA) is 99.0 Å². The molecule has 2 aromatic rings. The Balaban J connectivity index is 2.60. The van der Waals surface area contributed by atoms with E-state index in [2.05, 4.69) is 9.97 Å². The summed E-state index contributed by atoms with van der Waals surface area (Å²) in [6.07, 6.45) is 1.71. The monoisotopic (exact) mass is 386 g/mol. The number of nitrogens with one attached hydrogen (secondary N) is 1. The summed E-state index contributed by atoms with van der Waals surface area (Å²) in [7, 11) is 1.52. The smallest absolute Gasteiger partial charge is 0.329 e. The van der Waals surface area contributed by atoms with Gasteiger partial charge in [-0.1, -0.05) is 29.4 Å². The number of rotatable bonds is 6. The fourth-order valence-corrected chi connectivity index (χ4v) is 3.14. The van der Waals surface area contributed by atoms with E-state index in [1.165, 1.54) is 11.6 Å². The molecule has 10 heteroatoms. The van der Waals surface area contributed by atoms with Gasteiger partial charge in [-0.05, 0) is 20.8 Å². The molecule has 0 aliphatic heterocycles. The number of hydrogen-bond acceptors (Lipinski definition) is 6. The lowest BCUT2D eigenvalue weighted by Gasteiger charge is -2.11. The van der Waals surface area contributed by atoms with Crippen molar-refractivity contribution in [2.24, 2.45) is 7.05 Å². The zero-order valence-corrected chi connectivity index (χ0v) is 15.9. The van der Waals surface area contributed by atoms with Crippen LogP contribution in [0.4, 0.5) is 0 Å². The van der Waals surface area contributed by atoms with Gasteiger partial charge in [-0.15, -0.1) is 0 Å². The van der Waals surface area contributed by atoms with Crippen LogP contribution in [-0.2, 0) is 23.1 Å². The van der Waals surface area contributed by atoms with Crippen molar-refractivity contribution in [2.75, 3.05) is 6.61 Å². The van der Waals surface area contributed by atoms with Crippen molar-refractivity contribution in [2.45, 2.75) is 37.7 Å². The summed E-state index contributed by atoms with van der Waals surface area (Å²) in [4.78, 5) is 42.6. The van der Waals surface area contributed by atoms with Crippen molar-refractivity contribution in [3.8, 4) is 0 Å². The molecule has 1 atom stereocenters. The highest BCUT2D eigenvalue weighted by Gasteiger charge is 2.22. The van der Waals surface area contributed by atoms with Gasteiger partial charge in [0.15, 0.2) is 16.3 Å². The van der Waals surface area contributed by atoms with Crippen LogP contribution in [0.25, 0.3) is 11.2 Å². The number of hydrogen-bond donors (Lipinski definition) is 1. The van der Waals surface area contributed by atoms with Gasteiger partial charge in [0.1, 0.15) is 5.25 Å². The molecule has 0 aliphatic rings. The molecule has 0 aliphatic carbocycles. The van der Waals surface area contributed by atoms with Crippen molar-refractivity contribution < 1.29 is 9.53 Å². The molecular formula is C15H19ClN4O4S. The Labute approximate surface area is 152 Å². The highest BCUT2D eigenvalue weighted by molar-refractivity contribution is 8.00. The van der Waals surface area contributed by atoms with E-state index >= 15 is 0 Å². The number of esters is 1. The summed E-state index contributed by atoms with van der Waals surface area (Å²) < 4.78 is 7.88. The number of fused-ring (bicyclic) bond motifs is 1. The van der Waals surface area contributed by atoms with Crippen molar-refractivity contribution in [3.63, 3.8) is 0 Å². The van der Waals surface area contributed by atoms with Crippen molar-refractivity contribution in [1.82, 2.24) is 19.1 Å². The second kappa shape index (κ2) is 7.92. The fraction of sp³-hybridized carbons (Fsp3) is 0.467. The molecule has 25 heavy (non-hydrogen) atoms. The van der Waals surface area contributed by atoms with E-state index in [1.54, 1.807) is 31.4 Å². The first-order valence-corrected chi connectivity index (χ1v) is 8.87. The molecule has 2 aromatic heterocycles. The quantitative estimate of drug-likeness (QED) is 0.598. The lowest BCUT2D eigenvalue weighted by molar-refractivity contribution is -0.142. The maximum atomic E-state index is 12.3. The van der Waals surface area contributed by atoms with Crippen LogP contribution < -0.4 is 11.2 Å². The van der Waals surface area contributed by atoms with Crippen LogP contribution in [0.2, 0.25) is 0 Å². The van der Waals surface area contributed by atoms with Crippen LogP contribution in [0.1, 0.15) is 20.8 Å². The minimum Gasteiger partial charge on any atom is -0.465 e. The van der Waals surface area contributed by atoms with Gasteiger partial charge in [0.25, 0.3) is 5.56 Å². The van der Waals surface area contributed by atoms with E-state index in [9.17, 15) is 14.4 Å². The maximum Gasteiger partial charge on any atom is 0.329 e. The number of aromatic amines is 1. The molecule has 8 nitrogen and oxygen atoms in total. The van der Waals surface area contributed by atoms with Gasteiger partial charge in [-0.25, -0.2) is 9.78 Å². The number of carbonyl (C=O) groups is 1. The van der Waals surface area contributed by atoms with Gasteiger partial charge in [0, 0.05) is 18.6 Å². The first-order chi connectivity index (χ1) is 11.8. The molecule has 0 bridgehead atoms. The number of allylic oxidation sites excluding steroid dienone is 2. The highest BCUT2D eigenvalue weighted by atomic mass is 35.5. The van der Waals surface area contributed by atoms with Crippen LogP contribution in [-0.4, -0.2) is 36.9 Å². The van der Waals surface area contributed by atoms with Crippen LogP contribution in [0.5, 0.6) is 0 Å². The zero-order valence-electron chi connectivity index (χ0n) is 14.3. The van der Waals surface area contributed by atoms with E-state index in [-0.39, 0.29) is 30.3 Å². The molecule has 1 N–H and O–H groups in total. The number of H-pyrrole nitrogens is 1. The van der Waals surface area contributed by atoms with Gasteiger partial charge in [-0.3, -0.25) is 19.1 Å². The number of halogens is 1. The Morgan fingerprint density at radius 2 is 2.16 bits per heavy atom. The Hall–Kier alpha value is -2.00. The molecule has 0 saturated heterocycles. The number of carbonyl (C=O) groups excluding carboxylic acids is 1. The Bertz CT molecular complexity index is 939. The van der Waals surface area contributed by atoms with Crippen LogP contribution in [0, 0.1) is 0 Å². The largest absolute Gasteiger partial charge is 0.465 e. The lowest BCUT2D eigenvalue weighted by Crippen LogP contribution is -2.29. The van der Waals surface area contributed by atoms with E-state index in [4.69, 9.17) is 16.3 Å². The maximum absolute atomic E-state index is 12.3. The van der Waals surface area contributed by atoms with E-state index in [1.807, 2.05) is 0 Å². The predicted octanol–water partition coefficient (Wildman–Crippen LogP) is 1.61. The SMILES string of the molecule is CCOC(=O)C(C)Sc1nc2c(c(=O)[nH]c(=O)n2C)n1CC=C(C)Cl. The molecule has 0 aromatic carbocycles. The summed E-state index contributed by atoms with van der Waals surface area (Å²) in [6, 6.07) is 0. The van der Waals surface area contributed by atoms with Crippen molar-refractivity contribution in [3.05, 3.63) is 31.9 Å². The van der Waals surface area contributed by atoms with Gasteiger partial charge in [-0.2, -0.15) is 0 Å². The van der Waals surface area contributed by atoms with E-state index in [0.29, 0.717) is 10.2 Å². The molecule has 2 rings (SSSR count). The minimum absolute atomic E-state index is 0.243. The van der Waals surface area contributed by atoms with E-state index in [0.717, 1.165) is 11.8 Å². The summed E-state index contributed by atoms with van der Waals surface area (Å²) in [5.41, 5.74) is -0.606. The first kappa shape index (κ1) is 19.3. The third-order valence-corrected chi connectivity index (χ3v) is 4.65. The zero-order chi connectivity index (χ0) is 18.7. The first-order valence-electron chi connectivity index (χ1n) is 7.61. The molecule has 136 valence electrons. The summed E-state index contributed by atoms with van der Waals surface area (Å²) in [5.74, 6) is -0.377. The van der Waals surface area contributed by atoms with Gasteiger partial charge in [0.05, 0.1) is 6.61 Å². The number of aromatic nitrogens is 4. The number of imidazole rings is 1. The van der Waals surface area contributed by atoms with Crippen LogP contribution in [0.3, 0.4) is 0 Å². The second-order valence-electron chi connectivity index (χ2n) is 5.30. The molecule has 0 fully saturated rings. The number of aryl methyl sites for hydroxylation is 1. The number of nitrogens with zero attached hydrogens (tertiary/aromatic N) is 3. The molecule has 0 saturated carbocycles. The lowest BCUT2D eigenvalue weighted by atomic mass is 10.4. The molecule has 1 unspecified atom stereocenters. The molecule has 2 heterocycles. The Morgan fingerprint density at radius 1 is 1.48 bits per heavy atom. The average molecular weight is 387 g/mol. The highest BCUT2D eigenvalue weighted by Crippen LogP contribution is 2.26. The standard InChI is InChI=1S/C15H19ClN4O4S/c1-5-24-13(22)9(3)25-15-17-11-10(20(15)7-6-8(2)16)12(21)18-14(23)19(11)4/h6,9H,5,7H2,1-4H3,(H,18,21,23).